The summed E-state index contributed by atoms with van der Waals surface area (Å²) < 4.78 is 5.33. The molecule has 1 rings (SSSR count). The van der Waals surface area contributed by atoms with Gasteiger partial charge in [-0.3, -0.25) is 9.59 Å². The molecule has 0 unspecified atom stereocenters. The highest BCUT2D eigenvalue weighted by Gasteiger charge is 2.21. The van der Waals surface area contributed by atoms with Crippen LogP contribution in [0, 0.1) is 6.92 Å². The number of amides is 1. The molecule has 0 fully saturated rings. The highest BCUT2D eigenvalue weighted by atomic mass is 35.5. The minimum Gasteiger partial charge on any atom is -0.459 e. The number of nitrogens with zero attached hydrogens (tertiary/aromatic N) is 2. The maximum absolute atomic E-state index is 12.6. The summed E-state index contributed by atoms with van der Waals surface area (Å²) >= 11 is 6.11. The quantitative estimate of drug-likeness (QED) is 0.537. The van der Waals surface area contributed by atoms with E-state index in [0.29, 0.717) is 18.1 Å². The number of halogens is 1. The molecule has 0 spiro atoms. The highest BCUT2D eigenvalue weighted by molar-refractivity contribution is 6.31. The van der Waals surface area contributed by atoms with Crippen LogP contribution in [0.4, 0.5) is 0 Å². The molecule has 0 saturated heterocycles. The van der Waals surface area contributed by atoms with E-state index in [0.717, 1.165) is 11.1 Å². The fourth-order valence-electron chi connectivity index (χ4n) is 2.10. The number of hydrogen-bond donors (Lipinski definition) is 0. The average molecular weight is 381 g/mol. The van der Waals surface area contributed by atoms with Gasteiger partial charge in [0, 0.05) is 24.2 Å². The second kappa shape index (κ2) is 9.74. The third-order valence-corrected chi connectivity index (χ3v) is 3.89. The molecule has 144 valence electrons. The highest BCUT2D eigenvalue weighted by Crippen LogP contribution is 2.17. The molecule has 0 aliphatic rings. The molecule has 5 nitrogen and oxygen atoms in total. The van der Waals surface area contributed by atoms with E-state index in [4.69, 9.17) is 16.3 Å². The van der Waals surface area contributed by atoms with Crippen molar-refractivity contribution in [2.75, 3.05) is 33.7 Å². The molecular formula is C20H29ClN2O3. The number of likely N-dealkylation sites (N-methyl/N-ethyl adjacent to an activating group) is 1. The first-order valence-corrected chi connectivity index (χ1v) is 8.95. The molecule has 1 aromatic carbocycles. The van der Waals surface area contributed by atoms with Crippen molar-refractivity contribution < 1.29 is 14.3 Å². The van der Waals surface area contributed by atoms with Crippen LogP contribution in [-0.2, 0) is 14.3 Å². The van der Waals surface area contributed by atoms with Crippen molar-refractivity contribution in [2.45, 2.75) is 33.3 Å². The Balaban J connectivity index is 2.83. The number of hydrogen-bond acceptors (Lipinski definition) is 4. The van der Waals surface area contributed by atoms with Crippen LogP contribution < -0.4 is 0 Å². The van der Waals surface area contributed by atoms with Crippen LogP contribution >= 0.6 is 11.6 Å². The van der Waals surface area contributed by atoms with Crippen LogP contribution in [0.15, 0.2) is 24.3 Å². The zero-order valence-electron chi connectivity index (χ0n) is 16.5. The third kappa shape index (κ3) is 8.50. The number of carbonyl (C=O) groups excluding carboxylic acids is 2. The van der Waals surface area contributed by atoms with Crippen LogP contribution in [-0.4, -0.2) is 61.0 Å². The normalized spacial score (nSPS) is 11.8. The lowest BCUT2D eigenvalue weighted by Gasteiger charge is -2.25. The summed E-state index contributed by atoms with van der Waals surface area (Å²) in [5, 5.41) is 0.651. The number of rotatable bonds is 7. The molecular weight excluding hydrogens is 352 g/mol. The van der Waals surface area contributed by atoms with Gasteiger partial charge in [-0.1, -0.05) is 23.7 Å². The maximum Gasteiger partial charge on any atom is 0.326 e. The average Bonchev–Trinajstić information content (AvgIpc) is 2.50. The van der Waals surface area contributed by atoms with E-state index in [-0.39, 0.29) is 12.5 Å². The number of carbonyl (C=O) groups is 2. The Hall–Kier alpha value is -1.85. The van der Waals surface area contributed by atoms with Gasteiger partial charge in [0.15, 0.2) is 0 Å². The van der Waals surface area contributed by atoms with Crippen molar-refractivity contribution >= 4 is 29.6 Å². The first kappa shape index (κ1) is 22.2. The van der Waals surface area contributed by atoms with Crippen molar-refractivity contribution in [2.24, 2.45) is 0 Å². The molecule has 0 aliphatic carbocycles. The summed E-state index contributed by atoms with van der Waals surface area (Å²) in [6.45, 7) is 8.34. The number of ether oxygens (including phenoxy) is 1. The van der Waals surface area contributed by atoms with Gasteiger partial charge in [0.1, 0.15) is 12.1 Å². The molecule has 0 radical (unpaired) electrons. The smallest absolute Gasteiger partial charge is 0.326 e. The minimum atomic E-state index is -0.582. The molecule has 0 N–H and O–H groups in total. The lowest BCUT2D eigenvalue weighted by atomic mass is 10.1. The monoisotopic (exact) mass is 380 g/mol. The van der Waals surface area contributed by atoms with E-state index in [1.807, 2.05) is 38.1 Å². The second-order valence-corrected chi connectivity index (χ2v) is 7.90. The molecule has 6 heteroatoms. The number of esters is 1. The van der Waals surface area contributed by atoms with Gasteiger partial charge in [-0.15, -0.1) is 0 Å². The van der Waals surface area contributed by atoms with Gasteiger partial charge in [-0.05, 0) is 65.1 Å². The molecule has 0 atom stereocenters. The Labute approximate surface area is 161 Å². The first-order valence-electron chi connectivity index (χ1n) is 8.57. The Morgan fingerprint density at radius 1 is 1.19 bits per heavy atom. The van der Waals surface area contributed by atoms with Gasteiger partial charge in [-0.25, -0.2) is 0 Å². The lowest BCUT2D eigenvalue weighted by Crippen LogP contribution is -2.41. The number of aryl methyl sites for hydroxylation is 1. The van der Waals surface area contributed by atoms with E-state index in [9.17, 15) is 9.59 Å². The number of benzene rings is 1. The van der Waals surface area contributed by atoms with Crippen LogP contribution in [0.25, 0.3) is 6.08 Å². The van der Waals surface area contributed by atoms with Crippen molar-refractivity contribution in [3.63, 3.8) is 0 Å². The topological polar surface area (TPSA) is 49.9 Å². The predicted molar refractivity (Wildman–Crippen MR) is 106 cm³/mol. The SMILES string of the molecule is Cc1ccc(/C=C/C(=O)N(CCN(C)C)CC(=O)OC(C)(C)C)cc1Cl. The van der Waals surface area contributed by atoms with E-state index in [1.54, 1.807) is 32.9 Å². The van der Waals surface area contributed by atoms with E-state index >= 15 is 0 Å². The summed E-state index contributed by atoms with van der Waals surface area (Å²) in [5.41, 5.74) is 1.23. The van der Waals surface area contributed by atoms with Gasteiger partial charge in [0.2, 0.25) is 5.91 Å². The second-order valence-electron chi connectivity index (χ2n) is 7.49. The Bertz CT molecular complexity index is 664. The fourth-order valence-corrected chi connectivity index (χ4v) is 2.29. The zero-order valence-corrected chi connectivity index (χ0v) is 17.3. The summed E-state index contributed by atoms with van der Waals surface area (Å²) in [5.74, 6) is -0.661. The molecule has 0 saturated carbocycles. The van der Waals surface area contributed by atoms with Crippen LogP contribution in [0.1, 0.15) is 31.9 Å². The van der Waals surface area contributed by atoms with Crippen molar-refractivity contribution in [3.05, 3.63) is 40.4 Å². The minimum absolute atomic E-state index is 0.0804. The Morgan fingerprint density at radius 2 is 1.85 bits per heavy atom. The molecule has 26 heavy (non-hydrogen) atoms. The summed E-state index contributed by atoms with van der Waals surface area (Å²) in [6.07, 6.45) is 3.16. The molecule has 0 aliphatic heterocycles. The maximum atomic E-state index is 12.6. The Morgan fingerprint density at radius 3 is 2.38 bits per heavy atom. The van der Waals surface area contributed by atoms with E-state index in [1.165, 1.54) is 11.0 Å². The van der Waals surface area contributed by atoms with E-state index in [2.05, 4.69) is 0 Å². The standard InChI is InChI=1S/C20H29ClN2O3/c1-15-7-8-16(13-17(15)21)9-10-18(24)23(12-11-22(5)6)14-19(25)26-20(2,3)4/h7-10,13H,11-12,14H2,1-6H3/b10-9+. The van der Waals surface area contributed by atoms with Crippen molar-refractivity contribution in [1.82, 2.24) is 9.80 Å². The summed E-state index contributed by atoms with van der Waals surface area (Å²) in [6, 6.07) is 5.60. The summed E-state index contributed by atoms with van der Waals surface area (Å²) in [4.78, 5) is 28.1. The molecule has 1 amide bonds. The molecule has 1 aromatic rings. The third-order valence-electron chi connectivity index (χ3n) is 3.48. The van der Waals surface area contributed by atoms with Gasteiger partial charge in [0.05, 0.1) is 0 Å². The van der Waals surface area contributed by atoms with Crippen molar-refractivity contribution in [3.8, 4) is 0 Å². The molecule has 0 bridgehead atoms. The van der Waals surface area contributed by atoms with Gasteiger partial charge < -0.3 is 14.5 Å². The van der Waals surface area contributed by atoms with Crippen LogP contribution in [0.3, 0.4) is 0 Å². The van der Waals surface area contributed by atoms with Crippen LogP contribution in [0.5, 0.6) is 0 Å². The van der Waals surface area contributed by atoms with Gasteiger partial charge in [-0.2, -0.15) is 0 Å². The van der Waals surface area contributed by atoms with Gasteiger partial charge >= 0.3 is 5.97 Å². The van der Waals surface area contributed by atoms with E-state index < -0.39 is 11.6 Å². The van der Waals surface area contributed by atoms with Crippen molar-refractivity contribution in [1.29, 1.82) is 0 Å². The predicted octanol–water partition coefficient (Wildman–Crippen LogP) is 3.39. The molecule has 0 aromatic heterocycles. The summed E-state index contributed by atoms with van der Waals surface area (Å²) in [7, 11) is 3.83. The zero-order chi connectivity index (χ0) is 19.9. The lowest BCUT2D eigenvalue weighted by molar-refractivity contribution is -0.158. The first-order chi connectivity index (χ1) is 12.0. The fraction of sp³-hybridized carbons (Fsp3) is 0.500. The Kier molecular flexibility index (Phi) is 8.31. The molecule has 0 heterocycles. The van der Waals surface area contributed by atoms with Gasteiger partial charge in [0.25, 0.3) is 0 Å². The van der Waals surface area contributed by atoms with Crippen LogP contribution in [0.2, 0.25) is 5.02 Å². The largest absolute Gasteiger partial charge is 0.459 e.